The second-order valence-corrected chi connectivity index (χ2v) is 7.41. The number of hydrogen-bond donors (Lipinski definition) is 0. The minimum absolute atomic E-state index is 0.0879. The lowest BCUT2D eigenvalue weighted by Gasteiger charge is -2.21. The average molecular weight is 324 g/mol. The van der Waals surface area contributed by atoms with Gasteiger partial charge >= 0.3 is 10.1 Å². The summed E-state index contributed by atoms with van der Waals surface area (Å²) in [5, 5.41) is 0. The van der Waals surface area contributed by atoms with Gasteiger partial charge in [0.1, 0.15) is 0 Å². The number of benzene rings is 1. The Kier molecular flexibility index (Phi) is 5.89. The zero-order valence-corrected chi connectivity index (χ0v) is 13.9. The molecule has 1 aliphatic carbocycles. The fourth-order valence-corrected chi connectivity index (χ4v) is 4.28. The molecule has 0 spiro atoms. The van der Waals surface area contributed by atoms with Crippen LogP contribution < -0.4 is 8.92 Å². The van der Waals surface area contributed by atoms with Gasteiger partial charge in [0.2, 0.25) is 0 Å². The van der Waals surface area contributed by atoms with Gasteiger partial charge in [-0.2, -0.15) is 8.42 Å². The molecule has 122 valence electrons. The molecular formula is C17H24O4S. The van der Waals surface area contributed by atoms with Crippen LogP contribution in [0.15, 0.2) is 30.9 Å². The van der Waals surface area contributed by atoms with E-state index in [1.165, 1.54) is 13.5 Å². The minimum atomic E-state index is -3.59. The van der Waals surface area contributed by atoms with Crippen molar-refractivity contribution >= 4 is 10.1 Å². The van der Waals surface area contributed by atoms with Crippen LogP contribution in [0.1, 0.15) is 37.7 Å². The van der Waals surface area contributed by atoms with Gasteiger partial charge in [0.25, 0.3) is 0 Å². The molecule has 1 aliphatic rings. The molecule has 0 saturated heterocycles. The second-order valence-electron chi connectivity index (χ2n) is 5.79. The van der Waals surface area contributed by atoms with E-state index in [0.29, 0.717) is 12.2 Å². The summed E-state index contributed by atoms with van der Waals surface area (Å²) in [7, 11) is -2.08. The van der Waals surface area contributed by atoms with Crippen LogP contribution >= 0.6 is 0 Å². The second kappa shape index (κ2) is 7.68. The number of rotatable bonds is 7. The molecule has 5 heteroatoms. The summed E-state index contributed by atoms with van der Waals surface area (Å²) < 4.78 is 35.0. The first kappa shape index (κ1) is 16.9. The summed E-state index contributed by atoms with van der Waals surface area (Å²) in [5.74, 6) is 0.993. The lowest BCUT2D eigenvalue weighted by atomic mass is 9.91. The fraction of sp³-hybridized carbons (Fsp3) is 0.529. The zero-order chi connectivity index (χ0) is 16.0. The van der Waals surface area contributed by atoms with Crippen molar-refractivity contribution in [2.45, 2.75) is 38.5 Å². The Bertz CT molecular complexity index is 601. The van der Waals surface area contributed by atoms with Gasteiger partial charge < -0.3 is 8.92 Å². The predicted octanol–water partition coefficient (Wildman–Crippen LogP) is 3.71. The van der Waals surface area contributed by atoms with Gasteiger partial charge in [0.05, 0.1) is 12.9 Å². The van der Waals surface area contributed by atoms with E-state index < -0.39 is 10.1 Å². The molecular weight excluding hydrogens is 300 g/mol. The molecule has 0 N–H and O–H groups in total. The van der Waals surface area contributed by atoms with Crippen LogP contribution in [0.5, 0.6) is 11.5 Å². The summed E-state index contributed by atoms with van der Waals surface area (Å²) >= 11 is 0. The van der Waals surface area contributed by atoms with Crippen LogP contribution in [0.2, 0.25) is 0 Å². The lowest BCUT2D eigenvalue weighted by Crippen LogP contribution is -2.22. The van der Waals surface area contributed by atoms with Crippen molar-refractivity contribution in [2.75, 3.05) is 12.9 Å². The summed E-state index contributed by atoms with van der Waals surface area (Å²) in [6.07, 6.45) is 7.85. The van der Waals surface area contributed by atoms with Crippen LogP contribution in [0.4, 0.5) is 0 Å². The van der Waals surface area contributed by atoms with Crippen molar-refractivity contribution in [1.29, 1.82) is 0 Å². The van der Waals surface area contributed by atoms with Gasteiger partial charge in [-0.05, 0) is 42.9 Å². The van der Waals surface area contributed by atoms with E-state index in [9.17, 15) is 8.42 Å². The Morgan fingerprint density at radius 2 is 1.95 bits per heavy atom. The Balaban J connectivity index is 2.09. The Labute approximate surface area is 133 Å². The van der Waals surface area contributed by atoms with Crippen LogP contribution in [-0.4, -0.2) is 21.3 Å². The molecule has 0 atom stereocenters. The molecule has 22 heavy (non-hydrogen) atoms. The van der Waals surface area contributed by atoms with Gasteiger partial charge in [-0.25, -0.2) is 0 Å². The van der Waals surface area contributed by atoms with Crippen LogP contribution in [0, 0.1) is 5.92 Å². The SMILES string of the molecule is C=CCc1ccc(OS(=O)(=O)CC2CCCCC2)c(OC)c1. The third kappa shape index (κ3) is 4.77. The monoisotopic (exact) mass is 324 g/mol. The van der Waals surface area contributed by atoms with Crippen molar-refractivity contribution in [3.8, 4) is 11.5 Å². The van der Waals surface area contributed by atoms with E-state index in [0.717, 1.165) is 31.2 Å². The van der Waals surface area contributed by atoms with Crippen molar-refractivity contribution < 1.29 is 17.3 Å². The molecule has 0 bridgehead atoms. The third-order valence-corrected chi connectivity index (χ3v) is 5.30. The largest absolute Gasteiger partial charge is 0.493 e. The quantitative estimate of drug-likeness (QED) is 0.567. The van der Waals surface area contributed by atoms with Crippen molar-refractivity contribution in [3.05, 3.63) is 36.4 Å². The molecule has 0 radical (unpaired) electrons. The van der Waals surface area contributed by atoms with Crippen LogP contribution in [-0.2, 0) is 16.5 Å². The molecule has 1 fully saturated rings. The summed E-state index contributed by atoms with van der Waals surface area (Å²) in [6, 6.07) is 5.26. The van der Waals surface area contributed by atoms with E-state index in [1.54, 1.807) is 18.2 Å². The molecule has 1 saturated carbocycles. The first-order chi connectivity index (χ1) is 10.5. The molecule has 0 aliphatic heterocycles. The van der Waals surface area contributed by atoms with Gasteiger partial charge in [0, 0.05) is 0 Å². The van der Waals surface area contributed by atoms with E-state index in [4.69, 9.17) is 8.92 Å². The van der Waals surface area contributed by atoms with Crippen molar-refractivity contribution in [1.82, 2.24) is 0 Å². The predicted molar refractivity (Wildman–Crippen MR) is 87.9 cm³/mol. The highest BCUT2D eigenvalue weighted by Gasteiger charge is 2.24. The molecule has 0 unspecified atom stereocenters. The van der Waals surface area contributed by atoms with Gasteiger partial charge in [0.15, 0.2) is 11.5 Å². The van der Waals surface area contributed by atoms with Crippen molar-refractivity contribution in [2.24, 2.45) is 5.92 Å². The molecule has 0 heterocycles. The standard InChI is InChI=1S/C17H24O4S/c1-3-7-14-10-11-16(17(12-14)20-2)21-22(18,19)13-15-8-5-4-6-9-15/h3,10-12,15H,1,4-9,13H2,2H3. The molecule has 0 aromatic heterocycles. The highest BCUT2D eigenvalue weighted by molar-refractivity contribution is 7.87. The number of hydrogen-bond acceptors (Lipinski definition) is 4. The van der Waals surface area contributed by atoms with Crippen molar-refractivity contribution in [3.63, 3.8) is 0 Å². The van der Waals surface area contributed by atoms with Crippen LogP contribution in [0.3, 0.4) is 0 Å². The Morgan fingerprint density at radius 1 is 1.23 bits per heavy atom. The first-order valence-corrected chi connectivity index (χ1v) is 9.32. The summed E-state index contributed by atoms with van der Waals surface area (Å²) in [4.78, 5) is 0. The maximum Gasteiger partial charge on any atom is 0.309 e. The van der Waals surface area contributed by atoms with Crippen LogP contribution in [0.25, 0.3) is 0 Å². The Hall–Kier alpha value is -1.49. The topological polar surface area (TPSA) is 52.6 Å². The van der Waals surface area contributed by atoms with E-state index >= 15 is 0 Å². The maximum atomic E-state index is 12.3. The fourth-order valence-electron chi connectivity index (χ4n) is 2.89. The molecule has 4 nitrogen and oxygen atoms in total. The van der Waals surface area contributed by atoms with E-state index in [-0.39, 0.29) is 17.4 Å². The minimum Gasteiger partial charge on any atom is -0.493 e. The number of methoxy groups -OCH3 is 1. The number of ether oxygens (including phenoxy) is 1. The molecule has 2 rings (SSSR count). The average Bonchev–Trinajstić information content (AvgIpc) is 2.49. The zero-order valence-electron chi connectivity index (χ0n) is 13.1. The summed E-state index contributed by atoms with van der Waals surface area (Å²) in [5.41, 5.74) is 1.00. The van der Waals surface area contributed by atoms with Gasteiger partial charge in [-0.15, -0.1) is 6.58 Å². The normalized spacial score (nSPS) is 16.2. The maximum absolute atomic E-state index is 12.3. The van der Waals surface area contributed by atoms with E-state index in [2.05, 4.69) is 6.58 Å². The van der Waals surface area contributed by atoms with Gasteiger partial charge in [-0.3, -0.25) is 0 Å². The molecule has 1 aromatic rings. The highest BCUT2D eigenvalue weighted by Crippen LogP contribution is 2.31. The molecule has 0 amide bonds. The smallest absolute Gasteiger partial charge is 0.309 e. The highest BCUT2D eigenvalue weighted by atomic mass is 32.2. The first-order valence-electron chi connectivity index (χ1n) is 7.74. The number of allylic oxidation sites excluding steroid dienone is 1. The summed E-state index contributed by atoms with van der Waals surface area (Å²) in [6.45, 7) is 3.69. The lowest BCUT2D eigenvalue weighted by molar-refractivity contribution is 0.367. The van der Waals surface area contributed by atoms with E-state index in [1.807, 2.05) is 6.07 Å². The Morgan fingerprint density at radius 3 is 2.59 bits per heavy atom. The molecule has 1 aromatic carbocycles. The third-order valence-electron chi connectivity index (χ3n) is 3.99. The van der Waals surface area contributed by atoms with Gasteiger partial charge in [-0.1, -0.05) is 31.4 Å².